The molecule has 0 bridgehead atoms. The van der Waals surface area contributed by atoms with E-state index >= 15 is 0 Å². The fourth-order valence-corrected chi connectivity index (χ4v) is 4.94. The van der Waals surface area contributed by atoms with Gasteiger partial charge in [0.15, 0.2) is 0 Å². The predicted octanol–water partition coefficient (Wildman–Crippen LogP) is 4.17. The van der Waals surface area contributed by atoms with Crippen molar-refractivity contribution in [3.05, 3.63) is 53.6 Å². The molecule has 0 spiro atoms. The molecule has 1 saturated heterocycles. The van der Waals surface area contributed by atoms with Gasteiger partial charge in [0, 0.05) is 29.9 Å². The maximum absolute atomic E-state index is 12.9. The molecule has 1 aliphatic heterocycles. The van der Waals surface area contributed by atoms with Gasteiger partial charge in [0.05, 0.1) is 16.9 Å². The summed E-state index contributed by atoms with van der Waals surface area (Å²) in [7, 11) is -3.66. The second kappa shape index (κ2) is 9.15. The van der Waals surface area contributed by atoms with E-state index in [0.717, 1.165) is 0 Å². The fourth-order valence-electron chi connectivity index (χ4n) is 3.29. The number of ether oxygens (including phenoxy) is 1. The molecule has 1 unspecified atom stereocenters. The Labute approximate surface area is 176 Å². The molecule has 2 aromatic rings. The van der Waals surface area contributed by atoms with Gasteiger partial charge < -0.3 is 10.1 Å². The second-order valence-electron chi connectivity index (χ2n) is 7.34. The van der Waals surface area contributed by atoms with Crippen LogP contribution in [0.4, 0.5) is 5.69 Å². The molecule has 0 aromatic heterocycles. The first-order chi connectivity index (χ1) is 13.8. The largest absolute Gasteiger partial charge is 0.491 e. The van der Waals surface area contributed by atoms with E-state index < -0.39 is 15.9 Å². The number of piperidine rings is 1. The van der Waals surface area contributed by atoms with Crippen molar-refractivity contribution in [2.24, 2.45) is 5.92 Å². The van der Waals surface area contributed by atoms with Crippen LogP contribution in [0.5, 0.6) is 5.75 Å². The Bertz CT molecular complexity index is 961. The van der Waals surface area contributed by atoms with Gasteiger partial charge in [-0.05, 0) is 63.1 Å². The average molecular weight is 437 g/mol. The van der Waals surface area contributed by atoms with Crippen LogP contribution in [-0.4, -0.2) is 37.8 Å². The fraction of sp³-hybridized carbons (Fsp3) is 0.381. The van der Waals surface area contributed by atoms with E-state index in [2.05, 4.69) is 5.32 Å². The Balaban J connectivity index is 1.69. The molecule has 1 atom stereocenters. The molecule has 0 radical (unpaired) electrons. The lowest BCUT2D eigenvalue weighted by molar-refractivity contribution is -0.120. The third-order valence-corrected chi connectivity index (χ3v) is 6.81. The van der Waals surface area contributed by atoms with Crippen molar-refractivity contribution in [1.82, 2.24) is 4.31 Å². The molecule has 1 heterocycles. The second-order valence-corrected chi connectivity index (χ2v) is 9.71. The zero-order valence-corrected chi connectivity index (χ0v) is 18.0. The molecule has 0 saturated carbocycles. The highest BCUT2D eigenvalue weighted by Gasteiger charge is 2.33. The highest BCUT2D eigenvalue weighted by molar-refractivity contribution is 7.89. The van der Waals surface area contributed by atoms with Gasteiger partial charge in [0.1, 0.15) is 5.75 Å². The first kappa shape index (κ1) is 21.6. The van der Waals surface area contributed by atoms with Crippen LogP contribution in [-0.2, 0) is 14.8 Å². The highest BCUT2D eigenvalue weighted by Crippen LogP contribution is 2.26. The predicted molar refractivity (Wildman–Crippen MR) is 114 cm³/mol. The molecule has 2 aromatic carbocycles. The summed E-state index contributed by atoms with van der Waals surface area (Å²) < 4.78 is 32.8. The number of anilines is 1. The average Bonchev–Trinajstić information content (AvgIpc) is 2.68. The minimum Gasteiger partial charge on any atom is -0.491 e. The third kappa shape index (κ3) is 5.50. The van der Waals surface area contributed by atoms with Gasteiger partial charge in [-0.2, -0.15) is 4.31 Å². The molecule has 1 aliphatic rings. The van der Waals surface area contributed by atoms with Gasteiger partial charge in [-0.3, -0.25) is 4.79 Å². The normalized spacial score (nSPS) is 17.9. The van der Waals surface area contributed by atoms with Crippen LogP contribution in [0.3, 0.4) is 0 Å². The van der Waals surface area contributed by atoms with E-state index in [-0.39, 0.29) is 23.5 Å². The number of halogens is 1. The van der Waals surface area contributed by atoms with Crippen LogP contribution in [0.2, 0.25) is 5.02 Å². The Morgan fingerprint density at radius 1 is 1.21 bits per heavy atom. The quantitative estimate of drug-likeness (QED) is 0.737. The van der Waals surface area contributed by atoms with E-state index in [1.165, 1.54) is 16.4 Å². The first-order valence-electron chi connectivity index (χ1n) is 9.59. The Kier molecular flexibility index (Phi) is 6.82. The Hall–Kier alpha value is -2.09. The Morgan fingerprint density at radius 2 is 1.93 bits per heavy atom. The number of benzene rings is 2. The SMILES string of the molecule is CC(C)Oc1cccc(NC(=O)C2CCCN(S(=O)(=O)c3ccc(Cl)cc3)C2)c1. The molecule has 8 heteroatoms. The maximum Gasteiger partial charge on any atom is 0.243 e. The van der Waals surface area contributed by atoms with Gasteiger partial charge in [-0.1, -0.05) is 17.7 Å². The van der Waals surface area contributed by atoms with Crippen molar-refractivity contribution >= 4 is 33.2 Å². The number of amides is 1. The molecule has 1 N–H and O–H groups in total. The van der Waals surface area contributed by atoms with Gasteiger partial charge >= 0.3 is 0 Å². The Morgan fingerprint density at radius 3 is 2.62 bits per heavy atom. The van der Waals surface area contributed by atoms with Gasteiger partial charge in [-0.15, -0.1) is 0 Å². The van der Waals surface area contributed by atoms with Crippen LogP contribution in [0.25, 0.3) is 0 Å². The summed E-state index contributed by atoms with van der Waals surface area (Å²) in [6.45, 7) is 4.41. The first-order valence-corrected chi connectivity index (χ1v) is 11.4. The van der Waals surface area contributed by atoms with Crippen molar-refractivity contribution < 1.29 is 17.9 Å². The number of hydrogen-bond donors (Lipinski definition) is 1. The summed E-state index contributed by atoms with van der Waals surface area (Å²) >= 11 is 5.86. The van der Waals surface area contributed by atoms with E-state index in [1.807, 2.05) is 26.0 Å². The van der Waals surface area contributed by atoms with Crippen LogP contribution in [0, 0.1) is 5.92 Å². The van der Waals surface area contributed by atoms with Gasteiger partial charge in [0.2, 0.25) is 15.9 Å². The maximum atomic E-state index is 12.9. The van der Waals surface area contributed by atoms with Crippen LogP contribution >= 0.6 is 11.6 Å². The standard InChI is InChI=1S/C21H25ClN2O4S/c1-15(2)28-19-7-3-6-18(13-19)23-21(25)16-5-4-12-24(14-16)29(26,27)20-10-8-17(22)9-11-20/h3,6-11,13,15-16H,4-5,12,14H2,1-2H3,(H,23,25). The number of sulfonamides is 1. The van der Waals surface area contributed by atoms with Gasteiger partial charge in [-0.25, -0.2) is 8.42 Å². The topological polar surface area (TPSA) is 75.7 Å². The van der Waals surface area contributed by atoms with Crippen molar-refractivity contribution in [3.63, 3.8) is 0 Å². The van der Waals surface area contributed by atoms with Crippen molar-refractivity contribution in [2.75, 3.05) is 18.4 Å². The summed E-state index contributed by atoms with van der Waals surface area (Å²) in [5.41, 5.74) is 0.630. The molecule has 156 valence electrons. The molecular weight excluding hydrogens is 412 g/mol. The number of carbonyl (C=O) groups excluding carboxylic acids is 1. The molecule has 6 nitrogen and oxygen atoms in total. The zero-order valence-electron chi connectivity index (χ0n) is 16.5. The number of carbonyl (C=O) groups is 1. The minimum atomic E-state index is -3.66. The van der Waals surface area contributed by atoms with Crippen LogP contribution in [0.15, 0.2) is 53.4 Å². The lowest BCUT2D eigenvalue weighted by Crippen LogP contribution is -2.43. The monoisotopic (exact) mass is 436 g/mol. The summed E-state index contributed by atoms with van der Waals surface area (Å²) in [6.07, 6.45) is 1.30. The molecule has 0 aliphatic carbocycles. The summed E-state index contributed by atoms with van der Waals surface area (Å²) in [4.78, 5) is 12.9. The van der Waals surface area contributed by atoms with E-state index in [0.29, 0.717) is 35.8 Å². The summed E-state index contributed by atoms with van der Waals surface area (Å²) in [5, 5.41) is 3.36. The van der Waals surface area contributed by atoms with Crippen LogP contribution in [0.1, 0.15) is 26.7 Å². The lowest BCUT2D eigenvalue weighted by Gasteiger charge is -2.31. The number of hydrogen-bond acceptors (Lipinski definition) is 4. The van der Waals surface area contributed by atoms with E-state index in [1.54, 1.807) is 24.3 Å². The summed E-state index contributed by atoms with van der Waals surface area (Å²) in [5.74, 6) is 0.0663. The van der Waals surface area contributed by atoms with E-state index in [4.69, 9.17) is 16.3 Å². The van der Waals surface area contributed by atoms with Gasteiger partial charge in [0.25, 0.3) is 0 Å². The van der Waals surface area contributed by atoms with Crippen LogP contribution < -0.4 is 10.1 Å². The third-order valence-electron chi connectivity index (χ3n) is 4.68. The zero-order chi connectivity index (χ0) is 21.0. The molecule has 29 heavy (non-hydrogen) atoms. The van der Waals surface area contributed by atoms with Crippen molar-refractivity contribution in [3.8, 4) is 5.75 Å². The summed E-state index contributed by atoms with van der Waals surface area (Å²) in [6, 6.07) is 13.3. The molecule has 1 fully saturated rings. The smallest absolute Gasteiger partial charge is 0.243 e. The van der Waals surface area contributed by atoms with E-state index in [9.17, 15) is 13.2 Å². The number of rotatable bonds is 6. The molecular formula is C21H25ClN2O4S. The lowest BCUT2D eigenvalue weighted by atomic mass is 9.98. The van der Waals surface area contributed by atoms with Crippen molar-refractivity contribution in [1.29, 1.82) is 0 Å². The molecule has 3 rings (SSSR count). The number of nitrogens with zero attached hydrogens (tertiary/aromatic N) is 1. The highest BCUT2D eigenvalue weighted by atomic mass is 35.5. The minimum absolute atomic E-state index is 0.0333. The molecule has 1 amide bonds. The number of nitrogens with one attached hydrogen (secondary N) is 1. The van der Waals surface area contributed by atoms with Crippen molar-refractivity contribution in [2.45, 2.75) is 37.7 Å².